The maximum atomic E-state index is 12.6. The molecule has 0 saturated heterocycles. The number of nitrogens with one attached hydrogen (secondary N) is 2. The van der Waals surface area contributed by atoms with Crippen LogP contribution < -0.4 is 10.6 Å². The minimum atomic E-state index is -4.34. The Balaban J connectivity index is 2.01. The van der Waals surface area contributed by atoms with E-state index in [4.69, 9.17) is 12.2 Å². The monoisotopic (exact) mass is 352 g/mol. The topological polar surface area (TPSA) is 24.1 Å². The maximum Gasteiger partial charge on any atom is 0.416 e. The number of halogens is 3. The third-order valence-electron chi connectivity index (χ3n) is 3.72. The zero-order valence-corrected chi connectivity index (χ0v) is 14.5. The Morgan fingerprint density at radius 3 is 2.25 bits per heavy atom. The fourth-order valence-corrected chi connectivity index (χ4v) is 2.71. The minimum Gasteiger partial charge on any atom is -0.356 e. The highest BCUT2D eigenvalue weighted by Crippen LogP contribution is 2.29. The number of benzene rings is 2. The summed E-state index contributed by atoms with van der Waals surface area (Å²) in [6.07, 6.45) is -4.34. The Morgan fingerprint density at radius 1 is 1.04 bits per heavy atom. The van der Waals surface area contributed by atoms with Crippen molar-refractivity contribution in [2.45, 2.75) is 33.0 Å². The quantitative estimate of drug-likeness (QED) is 0.726. The van der Waals surface area contributed by atoms with Crippen molar-refractivity contribution < 1.29 is 13.2 Å². The number of thiocarbonyl (C=S) groups is 1. The van der Waals surface area contributed by atoms with Crippen LogP contribution in [0.3, 0.4) is 0 Å². The average molecular weight is 352 g/mol. The summed E-state index contributed by atoms with van der Waals surface area (Å²) in [6.45, 7) is 6.04. The van der Waals surface area contributed by atoms with Gasteiger partial charge >= 0.3 is 6.18 Å². The Hall–Kier alpha value is -2.08. The summed E-state index contributed by atoms with van der Waals surface area (Å²) in [5, 5.41) is 6.43. The van der Waals surface area contributed by atoms with Crippen molar-refractivity contribution in [1.82, 2.24) is 5.32 Å². The van der Waals surface area contributed by atoms with Crippen LogP contribution in [0.25, 0.3) is 0 Å². The van der Waals surface area contributed by atoms with Crippen LogP contribution in [0, 0.1) is 13.8 Å². The molecule has 0 amide bonds. The summed E-state index contributed by atoms with van der Waals surface area (Å²) < 4.78 is 37.7. The number of alkyl halides is 3. The molecule has 2 aromatic carbocycles. The van der Waals surface area contributed by atoms with Gasteiger partial charge in [-0.25, -0.2) is 0 Å². The fraction of sp³-hybridized carbons (Fsp3) is 0.278. The van der Waals surface area contributed by atoms with E-state index in [2.05, 4.69) is 22.8 Å². The maximum absolute atomic E-state index is 12.6. The number of rotatable bonds is 3. The first-order chi connectivity index (χ1) is 11.2. The van der Waals surface area contributed by atoms with Crippen LogP contribution in [0.5, 0.6) is 0 Å². The molecule has 2 aromatic rings. The van der Waals surface area contributed by atoms with Gasteiger partial charge in [0.1, 0.15) is 0 Å². The third kappa shape index (κ3) is 4.71. The lowest BCUT2D eigenvalue weighted by molar-refractivity contribution is -0.137. The van der Waals surface area contributed by atoms with Crippen LogP contribution in [0.15, 0.2) is 42.5 Å². The predicted molar refractivity (Wildman–Crippen MR) is 95.1 cm³/mol. The summed E-state index contributed by atoms with van der Waals surface area (Å²) in [7, 11) is 0. The molecule has 6 heteroatoms. The molecule has 0 spiro atoms. The Bertz CT molecular complexity index is 724. The molecular weight excluding hydrogens is 333 g/mol. The zero-order chi connectivity index (χ0) is 17.9. The summed E-state index contributed by atoms with van der Waals surface area (Å²) in [5.41, 5.74) is 3.26. The first-order valence-corrected chi connectivity index (χ1v) is 7.89. The number of hydrogen-bond acceptors (Lipinski definition) is 1. The van der Waals surface area contributed by atoms with Crippen LogP contribution in [0.2, 0.25) is 0 Å². The van der Waals surface area contributed by atoms with Gasteiger partial charge in [0.25, 0.3) is 0 Å². The van der Waals surface area contributed by atoms with E-state index < -0.39 is 11.7 Å². The molecule has 2 nitrogen and oxygen atoms in total. The van der Waals surface area contributed by atoms with Crippen LogP contribution in [-0.2, 0) is 6.18 Å². The van der Waals surface area contributed by atoms with E-state index in [9.17, 15) is 13.2 Å². The molecule has 0 radical (unpaired) electrons. The van der Waals surface area contributed by atoms with Crippen molar-refractivity contribution >= 4 is 23.0 Å². The van der Waals surface area contributed by atoms with Crippen LogP contribution in [0.1, 0.15) is 35.2 Å². The molecule has 2 rings (SSSR count). The molecule has 0 aliphatic heterocycles. The van der Waals surface area contributed by atoms with Gasteiger partial charge in [0.05, 0.1) is 11.6 Å². The van der Waals surface area contributed by atoms with Crippen LogP contribution >= 0.6 is 12.2 Å². The molecule has 1 atom stereocenters. The van der Waals surface area contributed by atoms with Gasteiger partial charge in [-0.1, -0.05) is 23.8 Å². The second-order valence-electron chi connectivity index (χ2n) is 5.76. The van der Waals surface area contributed by atoms with Crippen molar-refractivity contribution in [3.05, 3.63) is 64.7 Å². The van der Waals surface area contributed by atoms with E-state index in [1.807, 2.05) is 26.8 Å². The molecule has 0 aliphatic rings. The number of anilines is 1. The summed E-state index contributed by atoms with van der Waals surface area (Å²) in [5.74, 6) is 0. The second-order valence-corrected chi connectivity index (χ2v) is 6.16. The standard InChI is InChI=1S/C18H19F3N2S/c1-11-4-5-12(2)16(10-11)13(3)22-17(24)23-15-8-6-14(7-9-15)18(19,20)21/h4-10,13H,1-3H3,(H2,22,23,24)/t13-/m0/s1. The summed E-state index contributed by atoms with van der Waals surface area (Å²) in [6, 6.07) is 10.9. The normalized spacial score (nSPS) is 12.6. The average Bonchev–Trinajstić information content (AvgIpc) is 2.49. The molecule has 24 heavy (non-hydrogen) atoms. The first kappa shape index (κ1) is 18.3. The molecule has 0 aliphatic carbocycles. The van der Waals surface area contributed by atoms with Gasteiger partial charge in [0, 0.05) is 5.69 Å². The number of hydrogen-bond donors (Lipinski definition) is 2. The van der Waals surface area contributed by atoms with Crippen molar-refractivity contribution in [1.29, 1.82) is 0 Å². The Morgan fingerprint density at radius 2 is 1.67 bits per heavy atom. The minimum absolute atomic E-state index is 0.0145. The fourth-order valence-electron chi connectivity index (χ4n) is 2.41. The lowest BCUT2D eigenvalue weighted by atomic mass is 10.0. The summed E-state index contributed by atoms with van der Waals surface area (Å²) in [4.78, 5) is 0. The van der Waals surface area contributed by atoms with Crippen molar-refractivity contribution in [3.8, 4) is 0 Å². The molecule has 0 aromatic heterocycles. The van der Waals surface area contributed by atoms with Gasteiger partial charge in [0.15, 0.2) is 5.11 Å². The smallest absolute Gasteiger partial charge is 0.356 e. The highest BCUT2D eigenvalue weighted by atomic mass is 32.1. The molecule has 0 unspecified atom stereocenters. The van der Waals surface area contributed by atoms with Crippen molar-refractivity contribution in [2.75, 3.05) is 5.32 Å². The van der Waals surface area contributed by atoms with E-state index in [0.717, 1.165) is 28.8 Å². The third-order valence-corrected chi connectivity index (χ3v) is 3.94. The second kappa shape index (κ2) is 7.21. The van der Waals surface area contributed by atoms with Crippen LogP contribution in [0.4, 0.5) is 18.9 Å². The molecule has 0 heterocycles. The van der Waals surface area contributed by atoms with Gasteiger partial charge in [-0.05, 0) is 68.4 Å². The van der Waals surface area contributed by atoms with Crippen molar-refractivity contribution in [2.24, 2.45) is 0 Å². The lowest BCUT2D eigenvalue weighted by Gasteiger charge is -2.20. The van der Waals surface area contributed by atoms with E-state index in [0.29, 0.717) is 10.8 Å². The van der Waals surface area contributed by atoms with Gasteiger partial charge in [-0.2, -0.15) is 13.2 Å². The SMILES string of the molecule is Cc1ccc(C)c([C@H](C)NC(=S)Nc2ccc(C(F)(F)F)cc2)c1. The van der Waals surface area contributed by atoms with E-state index in [1.165, 1.54) is 12.1 Å². The van der Waals surface area contributed by atoms with Crippen LogP contribution in [-0.4, -0.2) is 5.11 Å². The molecule has 0 bridgehead atoms. The van der Waals surface area contributed by atoms with Crippen molar-refractivity contribution in [3.63, 3.8) is 0 Å². The number of aryl methyl sites for hydroxylation is 2. The highest BCUT2D eigenvalue weighted by molar-refractivity contribution is 7.80. The summed E-state index contributed by atoms with van der Waals surface area (Å²) >= 11 is 5.25. The van der Waals surface area contributed by atoms with Gasteiger partial charge in [-0.3, -0.25) is 0 Å². The van der Waals surface area contributed by atoms with E-state index >= 15 is 0 Å². The molecule has 2 N–H and O–H groups in total. The molecule has 0 fully saturated rings. The van der Waals surface area contributed by atoms with E-state index in [-0.39, 0.29) is 6.04 Å². The van der Waals surface area contributed by atoms with Gasteiger partial charge in [-0.15, -0.1) is 0 Å². The molecular formula is C18H19F3N2S. The molecule has 0 saturated carbocycles. The zero-order valence-electron chi connectivity index (χ0n) is 13.7. The molecule has 128 valence electrons. The Labute approximate surface area is 145 Å². The first-order valence-electron chi connectivity index (χ1n) is 7.49. The van der Waals surface area contributed by atoms with Gasteiger partial charge < -0.3 is 10.6 Å². The largest absolute Gasteiger partial charge is 0.416 e. The lowest BCUT2D eigenvalue weighted by Crippen LogP contribution is -2.31. The van der Waals surface area contributed by atoms with Gasteiger partial charge in [0.2, 0.25) is 0 Å². The Kier molecular flexibility index (Phi) is 5.49. The van der Waals surface area contributed by atoms with E-state index in [1.54, 1.807) is 0 Å². The predicted octanol–water partition coefficient (Wildman–Crippen LogP) is 5.37. The highest BCUT2D eigenvalue weighted by Gasteiger charge is 2.29.